The fourth-order valence-corrected chi connectivity index (χ4v) is 1.15. The molecule has 1 aliphatic rings. The lowest BCUT2D eigenvalue weighted by Gasteiger charge is -2.23. The van der Waals surface area contributed by atoms with Crippen LogP contribution in [0.5, 0.6) is 0 Å². The molecule has 0 aromatic heterocycles. The van der Waals surface area contributed by atoms with Crippen LogP contribution in [-0.2, 0) is 9.53 Å². The Hall–Kier alpha value is -1.06. The molecule has 0 bridgehead atoms. The van der Waals surface area contributed by atoms with Crippen molar-refractivity contribution in [2.45, 2.75) is 13.0 Å². The molecule has 1 unspecified atom stereocenters. The van der Waals surface area contributed by atoms with E-state index >= 15 is 0 Å². The van der Waals surface area contributed by atoms with Crippen molar-refractivity contribution in [1.82, 2.24) is 5.32 Å². The number of methoxy groups -OCH3 is 1. The molecule has 1 saturated heterocycles. The maximum Gasteiger partial charge on any atom is 0.251 e. The van der Waals surface area contributed by atoms with Gasteiger partial charge in [-0.05, 0) is 18.6 Å². The first kappa shape index (κ1) is 12.0. The van der Waals surface area contributed by atoms with Crippen LogP contribution >= 0.6 is 11.6 Å². The molecule has 1 aromatic carbocycles. The normalized spacial score (nSPS) is 18.3. The summed E-state index contributed by atoms with van der Waals surface area (Å²) in [5.41, 5.74) is 1.13. The van der Waals surface area contributed by atoms with Crippen LogP contribution in [0, 0.1) is 6.92 Å². The molecule has 1 aromatic rings. The summed E-state index contributed by atoms with van der Waals surface area (Å²) in [7, 11) is 1.53. The van der Waals surface area contributed by atoms with Gasteiger partial charge in [0.1, 0.15) is 0 Å². The Morgan fingerprint density at radius 1 is 1.47 bits per heavy atom. The van der Waals surface area contributed by atoms with Crippen LogP contribution in [0.25, 0.3) is 0 Å². The number of benzene rings is 1. The Morgan fingerprint density at radius 3 is 2.33 bits per heavy atom. The number of aryl methyl sites for hydroxylation is 1. The van der Waals surface area contributed by atoms with Gasteiger partial charge in [-0.2, -0.15) is 0 Å². The van der Waals surface area contributed by atoms with Gasteiger partial charge in [0.15, 0.2) is 6.10 Å². The molecule has 1 atom stereocenters. The Bertz CT molecular complexity index is 318. The van der Waals surface area contributed by atoms with E-state index in [0.29, 0.717) is 6.54 Å². The van der Waals surface area contributed by atoms with Gasteiger partial charge in [-0.15, -0.1) is 0 Å². The number of amides is 1. The molecule has 1 heterocycles. The average molecular weight is 228 g/mol. The highest BCUT2D eigenvalue weighted by Crippen LogP contribution is 2.11. The minimum atomic E-state index is -0.167. The van der Waals surface area contributed by atoms with Crippen molar-refractivity contribution in [3.63, 3.8) is 0 Å². The highest BCUT2D eigenvalue weighted by atomic mass is 35.5. The van der Waals surface area contributed by atoms with E-state index in [0.717, 1.165) is 10.6 Å². The third-order valence-electron chi connectivity index (χ3n) is 2.12. The quantitative estimate of drug-likeness (QED) is 0.743. The topological polar surface area (TPSA) is 38.3 Å². The summed E-state index contributed by atoms with van der Waals surface area (Å²) < 4.78 is 4.69. The van der Waals surface area contributed by atoms with E-state index in [-0.39, 0.29) is 12.0 Å². The lowest BCUT2D eigenvalue weighted by Crippen LogP contribution is -2.54. The zero-order valence-electron chi connectivity index (χ0n) is 8.79. The zero-order valence-corrected chi connectivity index (χ0v) is 9.54. The summed E-state index contributed by atoms with van der Waals surface area (Å²) in [5, 5.41) is 3.39. The number of hydrogen-bond donors (Lipinski definition) is 1. The van der Waals surface area contributed by atoms with Gasteiger partial charge in [-0.25, -0.2) is 0 Å². The minimum absolute atomic E-state index is 0.00231. The molecule has 82 valence electrons. The zero-order chi connectivity index (χ0) is 11.3. The average Bonchev–Trinajstić information content (AvgIpc) is 2.22. The van der Waals surface area contributed by atoms with E-state index in [9.17, 15) is 4.79 Å². The van der Waals surface area contributed by atoms with Crippen LogP contribution in [-0.4, -0.2) is 25.7 Å². The number of carbonyl (C=O) groups is 1. The Balaban J connectivity index is 0.000000151. The molecule has 0 aliphatic carbocycles. The molecule has 4 heteroatoms. The van der Waals surface area contributed by atoms with Crippen molar-refractivity contribution in [1.29, 1.82) is 0 Å². The van der Waals surface area contributed by atoms with Crippen LogP contribution in [0.3, 0.4) is 0 Å². The monoisotopic (exact) mass is 227 g/mol. The van der Waals surface area contributed by atoms with Gasteiger partial charge in [0.05, 0.1) is 6.54 Å². The van der Waals surface area contributed by atoms with Crippen molar-refractivity contribution >= 4 is 17.5 Å². The smallest absolute Gasteiger partial charge is 0.251 e. The highest BCUT2D eigenvalue weighted by Gasteiger charge is 2.26. The number of halogens is 1. The van der Waals surface area contributed by atoms with Gasteiger partial charge >= 0.3 is 0 Å². The maximum absolute atomic E-state index is 10.2. The number of β-lactam (4-membered cyclic amide) rings is 1. The molecular formula is C11H14ClNO2. The predicted octanol–water partition coefficient (Wildman–Crippen LogP) is 1.78. The van der Waals surface area contributed by atoms with Crippen molar-refractivity contribution in [3.05, 3.63) is 34.9 Å². The standard InChI is InChI=1S/C7H7Cl.C4H7NO2/c1-6-4-2-3-5-7(6)8;1-7-3-2-5-4(3)6/h2-5H,1H3;3H,2H2,1H3,(H,5,6). The first-order valence-corrected chi connectivity index (χ1v) is 5.04. The Labute approximate surface area is 94.4 Å². The van der Waals surface area contributed by atoms with Crippen LogP contribution in [0.2, 0.25) is 5.02 Å². The number of carbonyl (C=O) groups excluding carboxylic acids is 1. The molecule has 0 saturated carbocycles. The largest absolute Gasteiger partial charge is 0.370 e. The van der Waals surface area contributed by atoms with E-state index in [4.69, 9.17) is 11.6 Å². The number of rotatable bonds is 1. The maximum atomic E-state index is 10.2. The van der Waals surface area contributed by atoms with Crippen molar-refractivity contribution < 1.29 is 9.53 Å². The van der Waals surface area contributed by atoms with E-state index in [1.165, 1.54) is 7.11 Å². The SMILES string of the molecule is COC1CNC1=O.Cc1ccccc1Cl. The van der Waals surface area contributed by atoms with Gasteiger partial charge in [0.25, 0.3) is 5.91 Å². The molecular weight excluding hydrogens is 214 g/mol. The number of nitrogens with one attached hydrogen (secondary N) is 1. The Morgan fingerprint density at radius 2 is 2.13 bits per heavy atom. The lowest BCUT2D eigenvalue weighted by atomic mass is 10.2. The van der Waals surface area contributed by atoms with E-state index in [2.05, 4.69) is 10.1 Å². The molecule has 1 amide bonds. The van der Waals surface area contributed by atoms with Gasteiger partial charge < -0.3 is 10.1 Å². The fourth-order valence-electron chi connectivity index (χ4n) is 1.01. The summed E-state index contributed by atoms with van der Waals surface area (Å²) in [6, 6.07) is 7.77. The van der Waals surface area contributed by atoms with Crippen LogP contribution in [0.1, 0.15) is 5.56 Å². The molecule has 2 rings (SSSR count). The third kappa shape index (κ3) is 3.53. The third-order valence-corrected chi connectivity index (χ3v) is 2.54. The van der Waals surface area contributed by atoms with Gasteiger partial charge in [0, 0.05) is 12.1 Å². The van der Waals surface area contributed by atoms with Crippen LogP contribution in [0.15, 0.2) is 24.3 Å². The summed E-state index contributed by atoms with van der Waals surface area (Å²) in [6.45, 7) is 2.66. The molecule has 1 N–H and O–H groups in total. The molecule has 0 spiro atoms. The molecule has 1 fully saturated rings. The van der Waals surface area contributed by atoms with Crippen molar-refractivity contribution in [2.24, 2.45) is 0 Å². The second-order valence-corrected chi connectivity index (χ2v) is 3.63. The molecule has 3 nitrogen and oxygen atoms in total. The second-order valence-electron chi connectivity index (χ2n) is 3.22. The number of hydrogen-bond acceptors (Lipinski definition) is 2. The van der Waals surface area contributed by atoms with Gasteiger partial charge in [-0.1, -0.05) is 29.8 Å². The molecule has 15 heavy (non-hydrogen) atoms. The predicted molar refractivity (Wildman–Crippen MR) is 60.0 cm³/mol. The second kappa shape index (κ2) is 5.73. The van der Waals surface area contributed by atoms with E-state index < -0.39 is 0 Å². The first-order chi connectivity index (χ1) is 7.15. The first-order valence-electron chi connectivity index (χ1n) is 4.66. The summed E-state index contributed by atoms with van der Waals surface area (Å²) >= 11 is 5.71. The van der Waals surface area contributed by atoms with Crippen molar-refractivity contribution in [3.8, 4) is 0 Å². The fraction of sp³-hybridized carbons (Fsp3) is 0.364. The highest BCUT2D eigenvalue weighted by molar-refractivity contribution is 6.31. The van der Waals surface area contributed by atoms with Crippen LogP contribution < -0.4 is 5.32 Å². The van der Waals surface area contributed by atoms with Crippen molar-refractivity contribution in [2.75, 3.05) is 13.7 Å². The van der Waals surface area contributed by atoms with E-state index in [1.54, 1.807) is 0 Å². The molecule has 1 aliphatic heterocycles. The van der Waals surface area contributed by atoms with Crippen LogP contribution in [0.4, 0.5) is 0 Å². The Kier molecular flexibility index (Phi) is 4.59. The van der Waals surface area contributed by atoms with Gasteiger partial charge in [0.2, 0.25) is 0 Å². The minimum Gasteiger partial charge on any atom is -0.370 e. The van der Waals surface area contributed by atoms with Gasteiger partial charge in [-0.3, -0.25) is 4.79 Å². The summed E-state index contributed by atoms with van der Waals surface area (Å²) in [5.74, 6) is 0.00231. The summed E-state index contributed by atoms with van der Waals surface area (Å²) in [4.78, 5) is 10.2. The summed E-state index contributed by atoms with van der Waals surface area (Å²) in [6.07, 6.45) is -0.167. The molecule has 0 radical (unpaired) electrons. The lowest BCUT2D eigenvalue weighted by molar-refractivity contribution is -0.139. The number of ether oxygens (including phenoxy) is 1. The van der Waals surface area contributed by atoms with E-state index in [1.807, 2.05) is 31.2 Å².